The summed E-state index contributed by atoms with van der Waals surface area (Å²) in [6, 6.07) is 7.75. The molecule has 1 saturated heterocycles. The number of amides is 1. The predicted octanol–water partition coefficient (Wildman–Crippen LogP) is 4.56. The predicted molar refractivity (Wildman–Crippen MR) is 117 cm³/mol. The monoisotopic (exact) mass is 408 g/mol. The zero-order chi connectivity index (χ0) is 21.3. The van der Waals surface area contributed by atoms with Crippen molar-refractivity contribution in [1.29, 1.82) is 0 Å². The maximum Gasteiger partial charge on any atom is 0.339 e. The van der Waals surface area contributed by atoms with Gasteiger partial charge in [0.05, 0.1) is 11.1 Å². The number of aryl methyl sites for hydroxylation is 1. The van der Waals surface area contributed by atoms with Gasteiger partial charge in [-0.25, -0.2) is 4.79 Å². The molecule has 0 saturated carbocycles. The van der Waals surface area contributed by atoms with Crippen LogP contribution in [0, 0.1) is 11.3 Å². The van der Waals surface area contributed by atoms with Crippen molar-refractivity contribution in [2.24, 2.45) is 11.3 Å². The number of para-hydroxylation sites is 1. The molecule has 2 aromatic rings. The number of aromatic nitrogens is 1. The van der Waals surface area contributed by atoms with E-state index in [0.29, 0.717) is 11.5 Å². The highest BCUT2D eigenvalue weighted by molar-refractivity contribution is 6.05. The van der Waals surface area contributed by atoms with Crippen LogP contribution in [-0.4, -0.2) is 41.5 Å². The molecule has 0 bridgehead atoms. The summed E-state index contributed by atoms with van der Waals surface area (Å²) in [5.74, 6) is -0.0119. The highest BCUT2D eigenvalue weighted by Crippen LogP contribution is 2.39. The van der Waals surface area contributed by atoms with Crippen LogP contribution in [0.4, 0.5) is 0 Å². The molecule has 2 aliphatic rings. The van der Waals surface area contributed by atoms with Crippen LogP contribution in [0.5, 0.6) is 0 Å². The first-order valence-corrected chi connectivity index (χ1v) is 11.2. The average Bonchev–Trinajstić information content (AvgIpc) is 2.75. The van der Waals surface area contributed by atoms with Crippen molar-refractivity contribution >= 4 is 22.8 Å². The molecule has 30 heavy (non-hydrogen) atoms. The number of rotatable bonds is 3. The minimum absolute atomic E-state index is 0.0946. The van der Waals surface area contributed by atoms with Gasteiger partial charge >= 0.3 is 5.97 Å². The van der Waals surface area contributed by atoms with E-state index in [2.05, 4.69) is 20.8 Å². The number of carbonyl (C=O) groups excluding carboxylic acids is 2. The first kappa shape index (κ1) is 20.8. The highest BCUT2D eigenvalue weighted by atomic mass is 16.5. The highest BCUT2D eigenvalue weighted by Gasteiger charge is 2.33. The molecule has 1 fully saturated rings. The number of likely N-dealkylation sites (tertiary alicyclic amines) is 1. The van der Waals surface area contributed by atoms with Crippen molar-refractivity contribution in [2.45, 2.75) is 59.3 Å². The second-order valence-electron chi connectivity index (χ2n) is 9.75. The zero-order valence-corrected chi connectivity index (χ0v) is 18.4. The van der Waals surface area contributed by atoms with E-state index < -0.39 is 5.97 Å². The molecule has 4 rings (SSSR count). The second-order valence-corrected chi connectivity index (χ2v) is 9.75. The lowest BCUT2D eigenvalue weighted by Crippen LogP contribution is -2.38. The first-order valence-electron chi connectivity index (χ1n) is 11.2. The number of hydrogen-bond acceptors (Lipinski definition) is 4. The lowest BCUT2D eigenvalue weighted by molar-refractivity contribution is -0.135. The van der Waals surface area contributed by atoms with Gasteiger partial charge in [-0.05, 0) is 61.5 Å². The van der Waals surface area contributed by atoms with Gasteiger partial charge in [-0.3, -0.25) is 9.78 Å². The van der Waals surface area contributed by atoms with E-state index in [1.54, 1.807) is 0 Å². The number of carbonyl (C=O) groups is 2. The lowest BCUT2D eigenvalue weighted by atomic mass is 9.70. The van der Waals surface area contributed by atoms with Crippen molar-refractivity contribution in [3.8, 4) is 0 Å². The maximum atomic E-state index is 13.3. The van der Waals surface area contributed by atoms with Gasteiger partial charge in [0, 0.05) is 24.2 Å². The smallest absolute Gasteiger partial charge is 0.339 e. The number of hydrogen-bond donors (Lipinski definition) is 0. The summed E-state index contributed by atoms with van der Waals surface area (Å²) < 4.78 is 5.58. The molecule has 1 unspecified atom stereocenters. The largest absolute Gasteiger partial charge is 0.452 e. The maximum absolute atomic E-state index is 13.3. The Morgan fingerprint density at radius 3 is 2.60 bits per heavy atom. The van der Waals surface area contributed by atoms with E-state index in [4.69, 9.17) is 9.72 Å². The number of esters is 1. The van der Waals surface area contributed by atoms with Gasteiger partial charge in [-0.15, -0.1) is 0 Å². The third kappa shape index (κ3) is 4.21. The van der Waals surface area contributed by atoms with Crippen LogP contribution >= 0.6 is 0 Å². The topological polar surface area (TPSA) is 59.5 Å². The summed E-state index contributed by atoms with van der Waals surface area (Å²) in [6.45, 7) is 8.10. The van der Waals surface area contributed by atoms with E-state index in [9.17, 15) is 9.59 Å². The van der Waals surface area contributed by atoms with Crippen molar-refractivity contribution in [3.05, 3.63) is 41.1 Å². The summed E-state index contributed by atoms with van der Waals surface area (Å²) in [5.41, 5.74) is 3.60. The van der Waals surface area contributed by atoms with Crippen LogP contribution in [-0.2, 0) is 22.4 Å². The number of ether oxygens (including phenoxy) is 1. The van der Waals surface area contributed by atoms with Crippen LogP contribution in [0.15, 0.2) is 24.3 Å². The van der Waals surface area contributed by atoms with E-state index >= 15 is 0 Å². The number of nitrogens with zero attached hydrogens (tertiary/aromatic N) is 2. The van der Waals surface area contributed by atoms with Crippen LogP contribution in [0.3, 0.4) is 0 Å². The zero-order valence-electron chi connectivity index (χ0n) is 18.4. The van der Waals surface area contributed by atoms with E-state index in [-0.39, 0.29) is 17.9 Å². The molecule has 2 heterocycles. The Labute approximate surface area is 178 Å². The fourth-order valence-electron chi connectivity index (χ4n) is 4.79. The number of pyridine rings is 1. The van der Waals surface area contributed by atoms with Gasteiger partial charge in [0.15, 0.2) is 6.61 Å². The van der Waals surface area contributed by atoms with Gasteiger partial charge in [-0.2, -0.15) is 0 Å². The minimum Gasteiger partial charge on any atom is -0.452 e. The third-order valence-corrected chi connectivity index (χ3v) is 6.72. The Bertz CT molecular complexity index is 955. The molecule has 5 heteroatoms. The van der Waals surface area contributed by atoms with Gasteiger partial charge in [0.2, 0.25) is 0 Å². The van der Waals surface area contributed by atoms with Gasteiger partial charge in [0.25, 0.3) is 5.91 Å². The molecule has 5 nitrogen and oxygen atoms in total. The molecule has 1 amide bonds. The number of piperidine rings is 1. The molecule has 0 spiro atoms. The number of fused-ring (bicyclic) bond motifs is 2. The number of benzene rings is 1. The molecule has 1 aromatic carbocycles. The molecule has 1 aliphatic carbocycles. The summed E-state index contributed by atoms with van der Waals surface area (Å²) in [6.07, 6.45) is 5.97. The summed E-state index contributed by atoms with van der Waals surface area (Å²) in [5, 5.41) is 0.821. The summed E-state index contributed by atoms with van der Waals surface area (Å²) in [4.78, 5) is 32.4. The van der Waals surface area contributed by atoms with Gasteiger partial charge in [-0.1, -0.05) is 39.0 Å². The fourth-order valence-corrected chi connectivity index (χ4v) is 4.79. The summed E-state index contributed by atoms with van der Waals surface area (Å²) >= 11 is 0. The van der Waals surface area contributed by atoms with Crippen molar-refractivity contribution in [2.75, 3.05) is 19.7 Å². The molecule has 1 aliphatic heterocycles. The molecular weight excluding hydrogens is 376 g/mol. The Hall–Kier alpha value is -2.43. The summed E-state index contributed by atoms with van der Waals surface area (Å²) in [7, 11) is 0. The molecule has 0 radical (unpaired) electrons. The Morgan fingerprint density at radius 1 is 1.13 bits per heavy atom. The van der Waals surface area contributed by atoms with Gasteiger partial charge in [0.1, 0.15) is 0 Å². The normalized spacial score (nSPS) is 19.4. The molecule has 1 atom stereocenters. The third-order valence-electron chi connectivity index (χ3n) is 6.72. The standard InChI is InChI=1S/C25H32N2O3/c1-25(2,3)17-11-12-21-19(15-17)23(18-9-5-6-10-20(18)26-21)24(29)30-16-22(28)27-13-7-4-8-14-27/h5-6,9-10,17H,4,7-8,11-16H2,1-3H3. The molecule has 1 aromatic heterocycles. The fraction of sp³-hybridized carbons (Fsp3) is 0.560. The second kappa shape index (κ2) is 8.37. The molecule has 160 valence electrons. The lowest BCUT2D eigenvalue weighted by Gasteiger charge is -2.35. The average molecular weight is 409 g/mol. The Kier molecular flexibility index (Phi) is 5.81. The van der Waals surface area contributed by atoms with Crippen molar-refractivity contribution < 1.29 is 14.3 Å². The Balaban J connectivity index is 1.63. The van der Waals surface area contributed by atoms with Crippen molar-refractivity contribution in [1.82, 2.24) is 9.88 Å². The minimum atomic E-state index is -0.398. The molecule has 0 N–H and O–H groups in total. The van der Waals surface area contributed by atoms with Crippen LogP contribution < -0.4 is 0 Å². The Morgan fingerprint density at radius 2 is 1.87 bits per heavy atom. The van der Waals surface area contributed by atoms with E-state index in [0.717, 1.165) is 73.8 Å². The van der Waals surface area contributed by atoms with Crippen LogP contribution in [0.2, 0.25) is 0 Å². The SMILES string of the molecule is CC(C)(C)C1CCc2nc3ccccc3c(C(=O)OCC(=O)N3CCCCC3)c2C1. The first-order chi connectivity index (χ1) is 14.3. The van der Waals surface area contributed by atoms with Crippen LogP contribution in [0.25, 0.3) is 10.9 Å². The van der Waals surface area contributed by atoms with Crippen LogP contribution in [0.1, 0.15) is 68.1 Å². The molecular formula is C25H32N2O3. The van der Waals surface area contributed by atoms with Crippen molar-refractivity contribution in [3.63, 3.8) is 0 Å². The van der Waals surface area contributed by atoms with E-state index in [1.165, 1.54) is 0 Å². The quantitative estimate of drug-likeness (QED) is 0.699. The van der Waals surface area contributed by atoms with Gasteiger partial charge < -0.3 is 9.64 Å². The van der Waals surface area contributed by atoms with E-state index in [1.807, 2.05) is 29.2 Å².